The standard InChI is InChI=1S/C19H15N3O4/c23-19(21-20-13-16-11-12-17(26-16)22(24)25)18(14-7-3-1-4-8-14)15-9-5-2-6-10-15/h1-13,18H,(H,21,23). The van der Waals surface area contributed by atoms with Crippen LogP contribution >= 0.6 is 0 Å². The molecule has 130 valence electrons. The largest absolute Gasteiger partial charge is 0.433 e. The summed E-state index contributed by atoms with van der Waals surface area (Å²) in [6, 6.07) is 21.3. The van der Waals surface area contributed by atoms with Crippen molar-refractivity contribution in [1.29, 1.82) is 0 Å². The first-order chi connectivity index (χ1) is 12.6. The molecule has 3 aromatic rings. The van der Waals surface area contributed by atoms with Crippen LogP contribution < -0.4 is 5.43 Å². The van der Waals surface area contributed by atoms with E-state index in [0.29, 0.717) is 0 Å². The summed E-state index contributed by atoms with van der Waals surface area (Å²) < 4.78 is 4.96. The minimum atomic E-state index is -0.642. The number of benzene rings is 2. The fourth-order valence-corrected chi connectivity index (χ4v) is 2.52. The highest BCUT2D eigenvalue weighted by Gasteiger charge is 2.22. The van der Waals surface area contributed by atoms with Gasteiger partial charge in [-0.15, -0.1) is 0 Å². The van der Waals surface area contributed by atoms with Crippen LogP contribution in [0, 0.1) is 10.1 Å². The molecule has 7 heteroatoms. The highest BCUT2D eigenvalue weighted by atomic mass is 16.6. The molecule has 0 fully saturated rings. The zero-order valence-electron chi connectivity index (χ0n) is 13.6. The van der Waals surface area contributed by atoms with Gasteiger partial charge in [-0.25, -0.2) is 5.43 Å². The highest BCUT2D eigenvalue weighted by molar-refractivity contribution is 5.88. The minimum Gasteiger partial charge on any atom is -0.400 e. The van der Waals surface area contributed by atoms with Crippen LogP contribution in [-0.2, 0) is 4.79 Å². The molecule has 1 heterocycles. The van der Waals surface area contributed by atoms with E-state index in [1.165, 1.54) is 18.3 Å². The van der Waals surface area contributed by atoms with Gasteiger partial charge in [-0.05, 0) is 17.2 Å². The second-order valence-corrected chi connectivity index (χ2v) is 5.42. The number of carbonyl (C=O) groups excluding carboxylic acids is 1. The lowest BCUT2D eigenvalue weighted by molar-refractivity contribution is -0.402. The molecule has 26 heavy (non-hydrogen) atoms. The molecule has 0 saturated heterocycles. The van der Waals surface area contributed by atoms with Crippen LogP contribution in [0.25, 0.3) is 0 Å². The molecule has 0 bridgehead atoms. The molecule has 0 unspecified atom stereocenters. The van der Waals surface area contributed by atoms with Crippen molar-refractivity contribution < 1.29 is 14.1 Å². The van der Waals surface area contributed by atoms with Gasteiger partial charge in [0, 0.05) is 0 Å². The van der Waals surface area contributed by atoms with Gasteiger partial charge in [0.05, 0.1) is 18.2 Å². The van der Waals surface area contributed by atoms with E-state index in [9.17, 15) is 14.9 Å². The summed E-state index contributed by atoms with van der Waals surface area (Å²) in [4.78, 5) is 22.6. The molecule has 2 aromatic carbocycles. The molecular formula is C19H15N3O4. The van der Waals surface area contributed by atoms with Crippen molar-refractivity contribution in [3.05, 3.63) is 99.8 Å². The molecule has 1 amide bonds. The van der Waals surface area contributed by atoms with Crippen LogP contribution in [0.2, 0.25) is 0 Å². The summed E-state index contributed by atoms with van der Waals surface area (Å²) in [5.41, 5.74) is 4.13. The summed E-state index contributed by atoms with van der Waals surface area (Å²) in [7, 11) is 0. The smallest absolute Gasteiger partial charge is 0.400 e. The Morgan fingerprint density at radius 2 is 1.58 bits per heavy atom. The summed E-state index contributed by atoms with van der Waals surface area (Å²) in [6.45, 7) is 0. The first kappa shape index (κ1) is 17.1. The molecule has 0 aliphatic heterocycles. The van der Waals surface area contributed by atoms with Crippen LogP contribution in [0.15, 0.2) is 82.3 Å². The molecule has 3 rings (SSSR count). The number of nitrogens with zero attached hydrogens (tertiary/aromatic N) is 2. The van der Waals surface area contributed by atoms with E-state index in [2.05, 4.69) is 10.5 Å². The van der Waals surface area contributed by atoms with Crippen LogP contribution in [0.3, 0.4) is 0 Å². The second kappa shape index (κ2) is 7.89. The first-order valence-corrected chi connectivity index (χ1v) is 7.82. The van der Waals surface area contributed by atoms with Gasteiger partial charge in [-0.2, -0.15) is 5.10 Å². The van der Waals surface area contributed by atoms with E-state index in [1.807, 2.05) is 60.7 Å². The maximum Gasteiger partial charge on any atom is 0.433 e. The molecule has 0 atom stereocenters. The van der Waals surface area contributed by atoms with Gasteiger partial charge in [0.2, 0.25) is 0 Å². The van der Waals surface area contributed by atoms with E-state index in [0.717, 1.165) is 11.1 Å². The van der Waals surface area contributed by atoms with Crippen LogP contribution in [0.4, 0.5) is 5.88 Å². The quantitative estimate of drug-likeness (QED) is 0.418. The molecule has 1 aromatic heterocycles. The van der Waals surface area contributed by atoms with E-state index < -0.39 is 10.8 Å². The maximum absolute atomic E-state index is 12.7. The summed E-state index contributed by atoms with van der Waals surface area (Å²) in [5.74, 6) is -1.06. The Kier molecular flexibility index (Phi) is 5.19. The van der Waals surface area contributed by atoms with Gasteiger partial charge in [-0.1, -0.05) is 60.7 Å². The van der Waals surface area contributed by atoms with Gasteiger partial charge in [0.15, 0.2) is 5.76 Å². The lowest BCUT2D eigenvalue weighted by Crippen LogP contribution is -2.26. The third-order valence-electron chi connectivity index (χ3n) is 3.69. The number of carbonyl (C=O) groups is 1. The third kappa shape index (κ3) is 4.02. The third-order valence-corrected chi connectivity index (χ3v) is 3.69. The van der Waals surface area contributed by atoms with Gasteiger partial charge in [-0.3, -0.25) is 14.9 Å². The summed E-state index contributed by atoms with van der Waals surface area (Å²) in [6.07, 6.45) is 1.22. The molecular weight excluding hydrogens is 334 g/mol. The van der Waals surface area contributed by atoms with Crippen LogP contribution in [0.5, 0.6) is 0 Å². The number of amides is 1. The Labute approximate surface area is 149 Å². The minimum absolute atomic E-state index is 0.174. The van der Waals surface area contributed by atoms with Crippen molar-refractivity contribution in [2.24, 2.45) is 5.10 Å². The second-order valence-electron chi connectivity index (χ2n) is 5.42. The van der Waals surface area contributed by atoms with E-state index in [-0.39, 0.29) is 17.6 Å². The number of nitrogens with one attached hydrogen (secondary N) is 1. The number of furan rings is 1. The average molecular weight is 349 g/mol. The van der Waals surface area contributed by atoms with Gasteiger partial charge in [0.25, 0.3) is 5.91 Å². The maximum atomic E-state index is 12.7. The topological polar surface area (TPSA) is 97.7 Å². The zero-order chi connectivity index (χ0) is 18.4. The summed E-state index contributed by atoms with van der Waals surface area (Å²) in [5, 5.41) is 14.4. The highest BCUT2D eigenvalue weighted by Crippen LogP contribution is 2.24. The molecule has 1 N–H and O–H groups in total. The molecule has 0 saturated carbocycles. The van der Waals surface area contributed by atoms with Crippen LogP contribution in [-0.4, -0.2) is 17.0 Å². The molecule has 0 aliphatic carbocycles. The number of hydrogen-bond donors (Lipinski definition) is 1. The Balaban J connectivity index is 1.77. The Morgan fingerprint density at radius 1 is 1.00 bits per heavy atom. The van der Waals surface area contributed by atoms with Crippen molar-refractivity contribution in [2.75, 3.05) is 0 Å². The molecule has 0 aliphatic rings. The monoisotopic (exact) mass is 349 g/mol. The summed E-state index contributed by atoms with van der Waals surface area (Å²) >= 11 is 0. The predicted octanol–water partition coefficient (Wildman–Crippen LogP) is 3.47. The lowest BCUT2D eigenvalue weighted by Gasteiger charge is -2.16. The fraction of sp³-hybridized carbons (Fsp3) is 0.0526. The van der Waals surface area contributed by atoms with Gasteiger partial charge in [0.1, 0.15) is 4.92 Å². The molecule has 0 radical (unpaired) electrons. The normalized spacial score (nSPS) is 11.0. The van der Waals surface area contributed by atoms with E-state index >= 15 is 0 Å². The van der Waals surface area contributed by atoms with E-state index in [1.54, 1.807) is 0 Å². The lowest BCUT2D eigenvalue weighted by atomic mass is 9.91. The van der Waals surface area contributed by atoms with Gasteiger partial charge < -0.3 is 4.42 Å². The Bertz CT molecular complexity index is 881. The SMILES string of the molecule is O=C(NN=Cc1ccc([N+](=O)[O-])o1)C(c1ccccc1)c1ccccc1. The van der Waals surface area contributed by atoms with Crippen LogP contribution in [0.1, 0.15) is 22.8 Å². The number of hydrogen-bond acceptors (Lipinski definition) is 5. The first-order valence-electron chi connectivity index (χ1n) is 7.82. The van der Waals surface area contributed by atoms with Crippen molar-refractivity contribution in [3.8, 4) is 0 Å². The number of nitro groups is 1. The zero-order valence-corrected chi connectivity index (χ0v) is 13.6. The van der Waals surface area contributed by atoms with Crippen molar-refractivity contribution in [1.82, 2.24) is 5.43 Å². The van der Waals surface area contributed by atoms with Crippen molar-refractivity contribution in [2.45, 2.75) is 5.92 Å². The number of hydrazone groups is 1. The number of rotatable bonds is 6. The average Bonchev–Trinajstić information content (AvgIpc) is 3.13. The Hall–Kier alpha value is -3.74. The molecule has 0 spiro atoms. The molecule has 7 nitrogen and oxygen atoms in total. The van der Waals surface area contributed by atoms with Gasteiger partial charge >= 0.3 is 5.88 Å². The fourth-order valence-electron chi connectivity index (χ4n) is 2.52. The van der Waals surface area contributed by atoms with Crippen molar-refractivity contribution >= 4 is 18.0 Å². The van der Waals surface area contributed by atoms with Crippen molar-refractivity contribution in [3.63, 3.8) is 0 Å². The Morgan fingerprint density at radius 3 is 2.08 bits per heavy atom. The van der Waals surface area contributed by atoms with E-state index in [4.69, 9.17) is 4.42 Å². The predicted molar refractivity (Wildman–Crippen MR) is 95.8 cm³/mol.